The van der Waals surface area contributed by atoms with Gasteiger partial charge in [0.1, 0.15) is 11.4 Å². The minimum absolute atomic E-state index is 0.0552. The molecule has 0 fully saturated rings. The normalized spacial score (nSPS) is 11.5. The Morgan fingerprint density at radius 1 is 0.682 bits per heavy atom. The van der Waals surface area contributed by atoms with E-state index in [2.05, 4.69) is 9.97 Å². The van der Waals surface area contributed by atoms with Crippen molar-refractivity contribution >= 4 is 45.0 Å². The molecule has 110 valence electrons. The molecular weight excluding hydrogens is 323 g/mol. The van der Waals surface area contributed by atoms with E-state index in [1.165, 1.54) is 0 Å². The number of aromatic nitrogens is 2. The van der Waals surface area contributed by atoms with Crippen LogP contribution in [0.2, 0.25) is 10.0 Å². The van der Waals surface area contributed by atoms with Crippen LogP contribution < -0.4 is 0 Å². The molecule has 0 amide bonds. The van der Waals surface area contributed by atoms with Gasteiger partial charge < -0.3 is 20.2 Å². The maximum absolute atomic E-state index is 10.4. The molecule has 0 atom stereocenters. The smallest absolute Gasteiger partial charge is 0.150 e. The molecule has 2 aromatic carbocycles. The van der Waals surface area contributed by atoms with Crippen molar-refractivity contribution in [2.24, 2.45) is 0 Å². The predicted molar refractivity (Wildman–Crippen MR) is 88.9 cm³/mol. The molecule has 0 saturated carbocycles. The van der Waals surface area contributed by atoms with Crippen LogP contribution in [0.1, 0.15) is 0 Å². The Labute approximate surface area is 134 Å². The molecule has 0 radical (unpaired) electrons. The average molecular weight is 333 g/mol. The summed E-state index contributed by atoms with van der Waals surface area (Å²) in [7, 11) is 0. The second-order valence-electron chi connectivity index (χ2n) is 5.08. The first kappa shape index (κ1) is 13.4. The number of benzene rings is 2. The van der Waals surface area contributed by atoms with Gasteiger partial charge in [0.25, 0.3) is 0 Å². The Bertz CT molecular complexity index is 950. The van der Waals surface area contributed by atoms with Gasteiger partial charge in [-0.05, 0) is 36.4 Å². The monoisotopic (exact) mass is 332 g/mol. The maximum Gasteiger partial charge on any atom is 0.150 e. The van der Waals surface area contributed by atoms with Crippen LogP contribution in [0, 0.1) is 0 Å². The van der Waals surface area contributed by atoms with E-state index < -0.39 is 0 Å². The molecule has 2 heterocycles. The van der Waals surface area contributed by atoms with Gasteiger partial charge in [0, 0.05) is 20.8 Å². The van der Waals surface area contributed by atoms with Crippen molar-refractivity contribution in [2.75, 3.05) is 0 Å². The van der Waals surface area contributed by atoms with Crippen molar-refractivity contribution in [3.05, 3.63) is 46.4 Å². The Balaban J connectivity index is 2.02. The Kier molecular flexibility index (Phi) is 2.79. The van der Waals surface area contributed by atoms with Crippen LogP contribution in [0.15, 0.2) is 36.4 Å². The summed E-state index contributed by atoms with van der Waals surface area (Å²) in [5, 5.41) is 23.2. The number of hydrogen-bond acceptors (Lipinski definition) is 2. The fraction of sp³-hybridized carbons (Fsp3) is 0. The number of aromatic amines is 2. The Morgan fingerprint density at radius 3 is 1.50 bits per heavy atom. The van der Waals surface area contributed by atoms with Gasteiger partial charge in [-0.3, -0.25) is 0 Å². The highest BCUT2D eigenvalue weighted by Crippen LogP contribution is 2.43. The summed E-state index contributed by atoms with van der Waals surface area (Å²) in [6, 6.07) is 10.3. The van der Waals surface area contributed by atoms with Gasteiger partial charge in [-0.2, -0.15) is 0 Å². The lowest BCUT2D eigenvalue weighted by molar-refractivity contribution is 0.475. The van der Waals surface area contributed by atoms with Crippen molar-refractivity contribution < 1.29 is 10.2 Å². The van der Waals surface area contributed by atoms with E-state index in [1.54, 1.807) is 36.4 Å². The number of fused-ring (bicyclic) bond motifs is 2. The summed E-state index contributed by atoms with van der Waals surface area (Å²) in [6.45, 7) is 0. The van der Waals surface area contributed by atoms with E-state index in [0.717, 1.165) is 0 Å². The lowest BCUT2D eigenvalue weighted by Gasteiger charge is -1.97. The predicted octanol–water partition coefficient (Wildman–Crippen LogP) is 5.03. The van der Waals surface area contributed by atoms with E-state index in [4.69, 9.17) is 23.2 Å². The fourth-order valence-electron chi connectivity index (χ4n) is 2.67. The largest absolute Gasteiger partial charge is 0.505 e. The molecule has 22 heavy (non-hydrogen) atoms. The van der Waals surface area contributed by atoms with Gasteiger partial charge in [-0.1, -0.05) is 23.2 Å². The molecule has 4 nitrogen and oxygen atoms in total. The van der Waals surface area contributed by atoms with Crippen molar-refractivity contribution in [2.45, 2.75) is 0 Å². The number of H-pyrrole nitrogens is 2. The molecule has 0 bridgehead atoms. The quantitative estimate of drug-likeness (QED) is 0.394. The van der Waals surface area contributed by atoms with Crippen LogP contribution in [0.4, 0.5) is 0 Å². The van der Waals surface area contributed by atoms with Gasteiger partial charge in [-0.25, -0.2) is 0 Å². The lowest BCUT2D eigenvalue weighted by atomic mass is 10.2. The third kappa shape index (κ3) is 1.85. The highest BCUT2D eigenvalue weighted by atomic mass is 35.5. The van der Waals surface area contributed by atoms with E-state index in [-0.39, 0.29) is 11.5 Å². The van der Waals surface area contributed by atoms with Gasteiger partial charge in [0.15, 0.2) is 11.5 Å². The molecule has 2 aromatic heterocycles. The second-order valence-corrected chi connectivity index (χ2v) is 5.95. The third-order valence-corrected chi connectivity index (χ3v) is 4.19. The van der Waals surface area contributed by atoms with Crippen molar-refractivity contribution in [1.29, 1.82) is 0 Å². The van der Waals surface area contributed by atoms with Crippen LogP contribution in [0.25, 0.3) is 33.2 Å². The highest BCUT2D eigenvalue weighted by Gasteiger charge is 2.19. The molecule has 0 spiro atoms. The van der Waals surface area contributed by atoms with Crippen LogP contribution >= 0.6 is 23.2 Å². The van der Waals surface area contributed by atoms with Crippen molar-refractivity contribution in [3.8, 4) is 22.9 Å². The minimum Gasteiger partial charge on any atom is -0.505 e. The summed E-state index contributed by atoms with van der Waals surface area (Å²) >= 11 is 11.9. The van der Waals surface area contributed by atoms with E-state index in [1.807, 2.05) is 0 Å². The molecule has 4 rings (SSSR count). The van der Waals surface area contributed by atoms with Gasteiger partial charge >= 0.3 is 0 Å². The van der Waals surface area contributed by atoms with Gasteiger partial charge in [-0.15, -0.1) is 0 Å². The number of hydrogen-bond donors (Lipinski definition) is 4. The topological polar surface area (TPSA) is 72.0 Å². The SMILES string of the molecule is Oc1c(-c2[nH]c3cc(Cl)ccc3c2O)[nH]c2cc(Cl)ccc12. The molecule has 0 aliphatic rings. The van der Waals surface area contributed by atoms with Gasteiger partial charge in [0.05, 0.1) is 11.0 Å². The summed E-state index contributed by atoms with van der Waals surface area (Å²) < 4.78 is 0. The highest BCUT2D eigenvalue weighted by molar-refractivity contribution is 6.31. The van der Waals surface area contributed by atoms with Gasteiger partial charge in [0.2, 0.25) is 0 Å². The van der Waals surface area contributed by atoms with Crippen molar-refractivity contribution in [3.63, 3.8) is 0 Å². The first-order chi connectivity index (χ1) is 10.5. The van der Waals surface area contributed by atoms with E-state index in [0.29, 0.717) is 43.2 Å². The summed E-state index contributed by atoms with van der Waals surface area (Å²) in [4.78, 5) is 6.16. The van der Waals surface area contributed by atoms with Crippen LogP contribution in [0.3, 0.4) is 0 Å². The molecule has 4 N–H and O–H groups in total. The average Bonchev–Trinajstić information content (AvgIpc) is 2.96. The minimum atomic E-state index is 0.0552. The standard InChI is InChI=1S/C16H10Cl2N2O2/c17-7-1-3-9-11(5-7)19-13(15(9)21)14-16(22)10-4-2-8(18)6-12(10)20-14/h1-6,19-22H. The fourth-order valence-corrected chi connectivity index (χ4v) is 3.02. The third-order valence-electron chi connectivity index (χ3n) is 3.72. The lowest BCUT2D eigenvalue weighted by Crippen LogP contribution is -1.78. The number of nitrogens with one attached hydrogen (secondary N) is 2. The number of aromatic hydroxyl groups is 2. The second kappa shape index (κ2) is 4.60. The summed E-state index contributed by atoms with van der Waals surface area (Å²) in [6.07, 6.45) is 0. The molecule has 0 aliphatic carbocycles. The zero-order chi connectivity index (χ0) is 15.4. The zero-order valence-corrected chi connectivity index (χ0v) is 12.6. The molecule has 0 unspecified atom stereocenters. The number of halogens is 2. The first-order valence-electron chi connectivity index (χ1n) is 6.55. The number of rotatable bonds is 1. The van der Waals surface area contributed by atoms with E-state index in [9.17, 15) is 10.2 Å². The Hall–Kier alpha value is -2.30. The molecule has 0 aliphatic heterocycles. The maximum atomic E-state index is 10.4. The molecule has 6 heteroatoms. The van der Waals surface area contributed by atoms with Crippen LogP contribution in [0.5, 0.6) is 11.5 Å². The summed E-state index contributed by atoms with van der Waals surface area (Å²) in [5.41, 5.74) is 2.19. The first-order valence-corrected chi connectivity index (χ1v) is 7.31. The Morgan fingerprint density at radius 2 is 1.09 bits per heavy atom. The van der Waals surface area contributed by atoms with Crippen LogP contribution in [-0.4, -0.2) is 20.2 Å². The summed E-state index contributed by atoms with van der Waals surface area (Å²) in [5.74, 6) is 0.110. The zero-order valence-electron chi connectivity index (χ0n) is 11.1. The molecule has 4 aromatic rings. The molecule has 0 saturated heterocycles. The van der Waals surface area contributed by atoms with E-state index >= 15 is 0 Å². The van der Waals surface area contributed by atoms with Crippen LogP contribution in [-0.2, 0) is 0 Å². The molecular formula is C16H10Cl2N2O2. The van der Waals surface area contributed by atoms with Crippen molar-refractivity contribution in [1.82, 2.24) is 9.97 Å².